The van der Waals surface area contributed by atoms with E-state index >= 15 is 0 Å². The number of hydrogen-bond donors (Lipinski definition) is 1. The first-order chi connectivity index (χ1) is 13.3. The summed E-state index contributed by atoms with van der Waals surface area (Å²) >= 11 is 0. The Morgan fingerprint density at radius 1 is 1.17 bits per heavy atom. The molecule has 1 heterocycles. The van der Waals surface area contributed by atoms with Gasteiger partial charge in [0.15, 0.2) is 5.96 Å². The van der Waals surface area contributed by atoms with E-state index in [2.05, 4.69) is 46.4 Å². The number of aryl methyl sites for hydroxylation is 1. The number of nitrogens with one attached hydrogen (secondary N) is 1. The standard InChI is InChI=1S/C20H34N4O3S.HI/c1-17(2)27-15-16-28(25,26)24-13-11-23(12-14-24)20(21-4)22-10-9-19-7-5-18(3)6-8-19;/h5-8,17H,9-16H2,1-4H3,(H,21,22);1H. The summed E-state index contributed by atoms with van der Waals surface area (Å²) in [6.45, 7) is 9.14. The number of benzene rings is 1. The fourth-order valence-electron chi connectivity index (χ4n) is 3.10. The van der Waals surface area contributed by atoms with Crippen molar-refractivity contribution in [2.24, 2.45) is 4.99 Å². The molecule has 1 aromatic rings. The molecule has 29 heavy (non-hydrogen) atoms. The Morgan fingerprint density at radius 2 is 1.79 bits per heavy atom. The van der Waals surface area contributed by atoms with Crippen molar-refractivity contribution in [1.82, 2.24) is 14.5 Å². The normalized spacial score (nSPS) is 16.0. The van der Waals surface area contributed by atoms with Gasteiger partial charge in [0.25, 0.3) is 0 Å². The fraction of sp³-hybridized carbons (Fsp3) is 0.650. The zero-order valence-electron chi connectivity index (χ0n) is 17.9. The van der Waals surface area contributed by atoms with Gasteiger partial charge in [-0.2, -0.15) is 4.31 Å². The van der Waals surface area contributed by atoms with E-state index in [1.807, 2.05) is 13.8 Å². The first kappa shape index (κ1) is 26.1. The molecule has 7 nitrogen and oxygen atoms in total. The van der Waals surface area contributed by atoms with Gasteiger partial charge >= 0.3 is 0 Å². The molecular weight excluding hydrogens is 503 g/mol. The van der Waals surface area contributed by atoms with Gasteiger partial charge in [-0.25, -0.2) is 8.42 Å². The van der Waals surface area contributed by atoms with Crippen LogP contribution in [-0.2, 0) is 21.2 Å². The van der Waals surface area contributed by atoms with E-state index in [1.165, 1.54) is 11.1 Å². The molecule has 0 aromatic heterocycles. The molecule has 1 fully saturated rings. The zero-order valence-corrected chi connectivity index (χ0v) is 21.1. The third-order valence-corrected chi connectivity index (χ3v) is 6.59. The highest BCUT2D eigenvalue weighted by molar-refractivity contribution is 14.0. The van der Waals surface area contributed by atoms with Crippen molar-refractivity contribution in [3.05, 3.63) is 35.4 Å². The topological polar surface area (TPSA) is 74.2 Å². The molecule has 0 bridgehead atoms. The number of piperazine rings is 1. The predicted octanol–water partition coefficient (Wildman–Crippen LogP) is 2.10. The van der Waals surface area contributed by atoms with Crippen molar-refractivity contribution in [1.29, 1.82) is 0 Å². The summed E-state index contributed by atoms with van der Waals surface area (Å²) in [7, 11) is -1.51. The van der Waals surface area contributed by atoms with E-state index < -0.39 is 10.0 Å². The highest BCUT2D eigenvalue weighted by atomic mass is 127. The highest BCUT2D eigenvalue weighted by Gasteiger charge is 2.27. The van der Waals surface area contributed by atoms with Gasteiger partial charge in [-0.15, -0.1) is 24.0 Å². The van der Waals surface area contributed by atoms with Gasteiger partial charge in [0.2, 0.25) is 10.0 Å². The first-order valence-electron chi connectivity index (χ1n) is 9.92. The minimum absolute atomic E-state index is 0. The fourth-order valence-corrected chi connectivity index (χ4v) is 4.39. The minimum Gasteiger partial charge on any atom is -0.378 e. The predicted molar refractivity (Wildman–Crippen MR) is 130 cm³/mol. The number of sulfonamides is 1. The van der Waals surface area contributed by atoms with Gasteiger partial charge in [0, 0.05) is 39.8 Å². The van der Waals surface area contributed by atoms with E-state index in [9.17, 15) is 8.42 Å². The average Bonchev–Trinajstić information content (AvgIpc) is 2.66. The van der Waals surface area contributed by atoms with E-state index in [4.69, 9.17) is 4.74 Å². The SMILES string of the molecule is CN=C(NCCc1ccc(C)cc1)N1CCN(S(=O)(=O)CCOC(C)C)CC1.I. The largest absolute Gasteiger partial charge is 0.378 e. The molecule has 0 radical (unpaired) electrons. The van der Waals surface area contributed by atoms with Crippen LogP contribution in [0.3, 0.4) is 0 Å². The Hall–Kier alpha value is -0.910. The molecule has 0 aliphatic carbocycles. The molecule has 0 atom stereocenters. The quantitative estimate of drug-likeness (QED) is 0.312. The van der Waals surface area contributed by atoms with Crippen LogP contribution in [0, 0.1) is 6.92 Å². The van der Waals surface area contributed by atoms with Crippen molar-refractivity contribution in [3.8, 4) is 0 Å². The second-order valence-electron chi connectivity index (χ2n) is 7.33. The van der Waals surface area contributed by atoms with Crippen molar-refractivity contribution >= 4 is 40.0 Å². The number of nitrogens with zero attached hydrogens (tertiary/aromatic N) is 3. The number of ether oxygens (including phenoxy) is 1. The Kier molecular flexibility index (Phi) is 11.4. The monoisotopic (exact) mass is 538 g/mol. The molecule has 1 aliphatic heterocycles. The number of guanidine groups is 1. The maximum absolute atomic E-state index is 12.4. The van der Waals surface area contributed by atoms with Crippen LogP contribution in [0.4, 0.5) is 0 Å². The zero-order chi connectivity index (χ0) is 20.6. The van der Waals surface area contributed by atoms with Gasteiger partial charge in [0.1, 0.15) is 0 Å². The molecule has 0 unspecified atom stereocenters. The third kappa shape index (κ3) is 8.77. The number of hydrogen-bond acceptors (Lipinski definition) is 4. The van der Waals surface area contributed by atoms with Crippen molar-refractivity contribution in [2.75, 3.05) is 52.1 Å². The van der Waals surface area contributed by atoms with Crippen LogP contribution in [-0.4, -0.2) is 81.8 Å². The van der Waals surface area contributed by atoms with E-state index in [1.54, 1.807) is 11.4 Å². The van der Waals surface area contributed by atoms with Crippen molar-refractivity contribution in [2.45, 2.75) is 33.3 Å². The summed E-state index contributed by atoms with van der Waals surface area (Å²) in [5.41, 5.74) is 2.55. The second kappa shape index (κ2) is 12.7. The van der Waals surface area contributed by atoms with Crippen LogP contribution >= 0.6 is 24.0 Å². The van der Waals surface area contributed by atoms with Crippen molar-refractivity contribution in [3.63, 3.8) is 0 Å². The molecule has 166 valence electrons. The molecule has 1 saturated heterocycles. The smallest absolute Gasteiger partial charge is 0.216 e. The van der Waals surface area contributed by atoms with Crippen LogP contribution in [0.5, 0.6) is 0 Å². The summed E-state index contributed by atoms with van der Waals surface area (Å²) in [4.78, 5) is 6.47. The Labute approximate surface area is 193 Å². The Morgan fingerprint density at radius 3 is 2.34 bits per heavy atom. The van der Waals surface area contributed by atoms with Gasteiger partial charge in [-0.1, -0.05) is 29.8 Å². The van der Waals surface area contributed by atoms with Crippen LogP contribution < -0.4 is 5.32 Å². The molecule has 0 amide bonds. The second-order valence-corrected chi connectivity index (χ2v) is 9.42. The maximum atomic E-state index is 12.4. The van der Waals surface area contributed by atoms with Gasteiger partial charge in [-0.05, 0) is 32.8 Å². The number of aliphatic imine (C=N–C) groups is 1. The minimum atomic E-state index is -3.27. The molecule has 0 spiro atoms. The Balaban J connectivity index is 0.00000420. The lowest BCUT2D eigenvalue weighted by Gasteiger charge is -2.35. The molecule has 9 heteroatoms. The van der Waals surface area contributed by atoms with Gasteiger partial charge in [0.05, 0.1) is 18.5 Å². The first-order valence-corrected chi connectivity index (χ1v) is 11.5. The van der Waals surface area contributed by atoms with Gasteiger partial charge < -0.3 is 15.0 Å². The molecule has 1 N–H and O–H groups in total. The summed E-state index contributed by atoms with van der Waals surface area (Å²) in [6.07, 6.45) is 0.963. The lowest BCUT2D eigenvalue weighted by atomic mass is 10.1. The van der Waals surface area contributed by atoms with Gasteiger partial charge in [-0.3, -0.25) is 4.99 Å². The summed E-state index contributed by atoms with van der Waals surface area (Å²) in [5.74, 6) is 0.863. The maximum Gasteiger partial charge on any atom is 0.216 e. The van der Waals surface area contributed by atoms with Crippen LogP contribution in [0.1, 0.15) is 25.0 Å². The molecule has 1 aliphatic rings. The molecule has 1 aromatic carbocycles. The highest BCUT2D eigenvalue weighted by Crippen LogP contribution is 2.09. The lowest BCUT2D eigenvalue weighted by molar-refractivity contribution is 0.0904. The molecular formula is C20H35IN4O3S. The molecule has 2 rings (SSSR count). The Bertz CT molecular complexity index is 731. The number of halogens is 1. The lowest BCUT2D eigenvalue weighted by Crippen LogP contribution is -2.54. The third-order valence-electron chi connectivity index (χ3n) is 4.75. The van der Waals surface area contributed by atoms with Crippen molar-refractivity contribution < 1.29 is 13.2 Å². The van der Waals surface area contributed by atoms with E-state index in [0.717, 1.165) is 18.9 Å². The summed E-state index contributed by atoms with van der Waals surface area (Å²) in [6, 6.07) is 8.53. The van der Waals surface area contributed by atoms with E-state index in [0.29, 0.717) is 26.2 Å². The van der Waals surface area contributed by atoms with E-state index in [-0.39, 0.29) is 42.4 Å². The molecule has 0 saturated carbocycles. The van der Waals surface area contributed by atoms with Crippen LogP contribution in [0.2, 0.25) is 0 Å². The average molecular weight is 538 g/mol. The summed E-state index contributed by atoms with van der Waals surface area (Å²) < 4.78 is 31.8. The summed E-state index contributed by atoms with van der Waals surface area (Å²) in [5, 5.41) is 3.39. The number of rotatable bonds is 8. The van der Waals surface area contributed by atoms with Crippen LogP contribution in [0.25, 0.3) is 0 Å². The van der Waals surface area contributed by atoms with Crippen LogP contribution in [0.15, 0.2) is 29.3 Å².